The van der Waals surface area contributed by atoms with Crippen molar-refractivity contribution in [1.29, 1.82) is 0 Å². The van der Waals surface area contributed by atoms with Crippen molar-refractivity contribution in [2.75, 3.05) is 5.32 Å². The molecule has 2 aromatic rings. The van der Waals surface area contributed by atoms with Gasteiger partial charge in [-0.25, -0.2) is 4.68 Å². The van der Waals surface area contributed by atoms with Crippen LogP contribution < -0.4 is 5.32 Å². The molecule has 6 heteroatoms. The molecular formula is C14H18N4O2. The third kappa shape index (κ3) is 2.79. The Morgan fingerprint density at radius 2 is 2.15 bits per heavy atom. The summed E-state index contributed by atoms with van der Waals surface area (Å²) in [6.07, 6.45) is 0. The molecule has 0 saturated heterocycles. The lowest BCUT2D eigenvalue weighted by molar-refractivity contribution is -0.384. The van der Waals surface area contributed by atoms with Gasteiger partial charge >= 0.3 is 5.69 Å². The minimum Gasteiger partial charge on any atom is -0.360 e. The number of hydrogen-bond donors (Lipinski definition) is 1. The van der Waals surface area contributed by atoms with Crippen molar-refractivity contribution in [3.05, 3.63) is 51.2 Å². The molecule has 1 aromatic carbocycles. The Bertz CT molecular complexity index is 634. The van der Waals surface area contributed by atoms with Gasteiger partial charge < -0.3 is 5.32 Å². The molecule has 0 fully saturated rings. The zero-order valence-corrected chi connectivity index (χ0v) is 11.9. The standard InChI is InChI=1S/C14H18N4O2/c1-4-17-14(13(18(19)20)11(3)16-17)15-9-12-7-5-6-10(2)8-12/h5-8,15H,4,9H2,1-3H3. The molecule has 2 rings (SSSR count). The van der Waals surface area contributed by atoms with Crippen molar-refractivity contribution >= 4 is 11.5 Å². The van der Waals surface area contributed by atoms with E-state index in [1.165, 1.54) is 5.56 Å². The molecular weight excluding hydrogens is 256 g/mol. The summed E-state index contributed by atoms with van der Waals surface area (Å²) in [7, 11) is 0. The van der Waals surface area contributed by atoms with Gasteiger partial charge in [0.25, 0.3) is 0 Å². The molecule has 0 bridgehead atoms. The summed E-state index contributed by atoms with van der Waals surface area (Å²) in [5.41, 5.74) is 2.74. The van der Waals surface area contributed by atoms with Gasteiger partial charge in [-0.2, -0.15) is 5.10 Å². The first-order chi connectivity index (χ1) is 9.52. The van der Waals surface area contributed by atoms with E-state index in [-0.39, 0.29) is 10.6 Å². The third-order valence-electron chi connectivity index (χ3n) is 3.12. The van der Waals surface area contributed by atoms with Gasteiger partial charge in [-0.3, -0.25) is 10.1 Å². The van der Waals surface area contributed by atoms with Gasteiger partial charge in [0.2, 0.25) is 5.82 Å². The van der Waals surface area contributed by atoms with Crippen LogP contribution in [0.3, 0.4) is 0 Å². The van der Waals surface area contributed by atoms with E-state index in [0.717, 1.165) is 5.56 Å². The van der Waals surface area contributed by atoms with Crippen LogP contribution in [0.2, 0.25) is 0 Å². The van der Waals surface area contributed by atoms with Crippen molar-refractivity contribution in [2.45, 2.75) is 33.9 Å². The number of aryl methyl sites for hydroxylation is 3. The van der Waals surface area contributed by atoms with Crippen molar-refractivity contribution in [3.63, 3.8) is 0 Å². The van der Waals surface area contributed by atoms with E-state index in [4.69, 9.17) is 0 Å². The van der Waals surface area contributed by atoms with Crippen molar-refractivity contribution in [2.24, 2.45) is 0 Å². The lowest BCUT2D eigenvalue weighted by atomic mass is 10.1. The van der Waals surface area contributed by atoms with Gasteiger partial charge in [-0.05, 0) is 26.3 Å². The van der Waals surface area contributed by atoms with Crippen LogP contribution in [0.1, 0.15) is 23.7 Å². The molecule has 106 valence electrons. The summed E-state index contributed by atoms with van der Waals surface area (Å²) < 4.78 is 1.63. The fraction of sp³-hybridized carbons (Fsp3) is 0.357. The smallest absolute Gasteiger partial charge is 0.333 e. The van der Waals surface area contributed by atoms with Gasteiger partial charge in [-0.1, -0.05) is 29.8 Å². The van der Waals surface area contributed by atoms with E-state index < -0.39 is 0 Å². The third-order valence-corrected chi connectivity index (χ3v) is 3.12. The van der Waals surface area contributed by atoms with E-state index in [1.54, 1.807) is 11.6 Å². The number of nitrogens with zero attached hydrogens (tertiary/aromatic N) is 3. The number of aromatic nitrogens is 2. The summed E-state index contributed by atoms with van der Waals surface area (Å²) in [5.74, 6) is 0.469. The molecule has 20 heavy (non-hydrogen) atoms. The average molecular weight is 274 g/mol. The Kier molecular flexibility index (Phi) is 4.02. The molecule has 0 radical (unpaired) electrons. The number of rotatable bonds is 5. The second-order valence-electron chi connectivity index (χ2n) is 4.70. The molecule has 0 amide bonds. The van der Waals surface area contributed by atoms with Crippen molar-refractivity contribution in [3.8, 4) is 0 Å². The predicted molar refractivity (Wildman–Crippen MR) is 77.8 cm³/mol. The summed E-state index contributed by atoms with van der Waals surface area (Å²) in [6.45, 7) is 6.71. The van der Waals surface area contributed by atoms with Crippen LogP contribution in [0.4, 0.5) is 11.5 Å². The zero-order valence-electron chi connectivity index (χ0n) is 11.9. The summed E-state index contributed by atoms with van der Waals surface area (Å²) in [5, 5.41) is 18.5. The summed E-state index contributed by atoms with van der Waals surface area (Å²) in [4.78, 5) is 10.8. The van der Waals surface area contributed by atoms with Gasteiger partial charge in [-0.15, -0.1) is 0 Å². The molecule has 1 N–H and O–H groups in total. The first-order valence-corrected chi connectivity index (χ1v) is 6.54. The average Bonchev–Trinajstić information content (AvgIpc) is 2.72. The molecule has 0 aliphatic rings. The minimum atomic E-state index is -0.382. The highest BCUT2D eigenvalue weighted by molar-refractivity contribution is 5.59. The van der Waals surface area contributed by atoms with E-state index in [2.05, 4.69) is 16.5 Å². The van der Waals surface area contributed by atoms with Crippen molar-refractivity contribution < 1.29 is 4.92 Å². The quantitative estimate of drug-likeness (QED) is 0.671. The van der Waals surface area contributed by atoms with Crippen LogP contribution in [0.15, 0.2) is 24.3 Å². The molecule has 0 aliphatic carbocycles. The Morgan fingerprint density at radius 1 is 1.40 bits per heavy atom. The van der Waals surface area contributed by atoms with E-state index in [0.29, 0.717) is 24.6 Å². The lowest BCUT2D eigenvalue weighted by Gasteiger charge is -2.08. The molecule has 1 aromatic heterocycles. The largest absolute Gasteiger partial charge is 0.360 e. The number of nitrogens with one attached hydrogen (secondary N) is 1. The molecule has 1 heterocycles. The normalized spacial score (nSPS) is 10.6. The first-order valence-electron chi connectivity index (χ1n) is 6.54. The van der Waals surface area contributed by atoms with Crippen LogP contribution in [-0.2, 0) is 13.1 Å². The molecule has 0 saturated carbocycles. The highest BCUT2D eigenvalue weighted by Crippen LogP contribution is 2.28. The Balaban J connectivity index is 2.26. The van der Waals surface area contributed by atoms with Gasteiger partial charge in [0.15, 0.2) is 0 Å². The minimum absolute atomic E-state index is 0.0551. The number of benzene rings is 1. The van der Waals surface area contributed by atoms with Crippen LogP contribution >= 0.6 is 0 Å². The van der Waals surface area contributed by atoms with Crippen LogP contribution in [-0.4, -0.2) is 14.7 Å². The highest BCUT2D eigenvalue weighted by Gasteiger charge is 2.24. The van der Waals surface area contributed by atoms with E-state index >= 15 is 0 Å². The van der Waals surface area contributed by atoms with Gasteiger partial charge in [0.05, 0.1) is 4.92 Å². The Hall–Kier alpha value is -2.37. The lowest BCUT2D eigenvalue weighted by Crippen LogP contribution is -2.08. The van der Waals surface area contributed by atoms with Gasteiger partial charge in [0.1, 0.15) is 5.69 Å². The number of nitro groups is 1. The molecule has 0 atom stereocenters. The SMILES string of the molecule is CCn1nc(C)c([N+](=O)[O-])c1NCc1cccc(C)c1. The maximum absolute atomic E-state index is 11.1. The first kappa shape index (κ1) is 14.0. The second-order valence-corrected chi connectivity index (χ2v) is 4.70. The van der Waals surface area contributed by atoms with Crippen LogP contribution in [0, 0.1) is 24.0 Å². The monoisotopic (exact) mass is 274 g/mol. The van der Waals surface area contributed by atoms with E-state index in [1.807, 2.05) is 32.0 Å². The predicted octanol–water partition coefficient (Wildman–Crippen LogP) is 3.04. The Labute approximate surface area is 117 Å². The summed E-state index contributed by atoms with van der Waals surface area (Å²) >= 11 is 0. The summed E-state index contributed by atoms with van der Waals surface area (Å²) in [6, 6.07) is 8.04. The molecule has 0 aliphatic heterocycles. The van der Waals surface area contributed by atoms with Gasteiger partial charge in [0, 0.05) is 13.1 Å². The maximum atomic E-state index is 11.1. The second kappa shape index (κ2) is 5.73. The van der Waals surface area contributed by atoms with Crippen molar-refractivity contribution in [1.82, 2.24) is 9.78 Å². The fourth-order valence-corrected chi connectivity index (χ4v) is 2.20. The van der Waals surface area contributed by atoms with Crippen LogP contribution in [0.25, 0.3) is 0 Å². The van der Waals surface area contributed by atoms with Crippen LogP contribution in [0.5, 0.6) is 0 Å². The molecule has 0 spiro atoms. The van der Waals surface area contributed by atoms with E-state index in [9.17, 15) is 10.1 Å². The zero-order chi connectivity index (χ0) is 14.7. The fourth-order valence-electron chi connectivity index (χ4n) is 2.20. The highest BCUT2D eigenvalue weighted by atomic mass is 16.6. The topological polar surface area (TPSA) is 73.0 Å². The molecule has 6 nitrogen and oxygen atoms in total. The Morgan fingerprint density at radius 3 is 2.75 bits per heavy atom. The number of anilines is 1. The molecule has 0 unspecified atom stereocenters. The number of hydrogen-bond acceptors (Lipinski definition) is 4. The maximum Gasteiger partial charge on any atom is 0.333 e.